The maximum Gasteiger partial charge on any atom is 0.283 e. The van der Waals surface area contributed by atoms with Crippen LogP contribution in [0.5, 0.6) is 0 Å². The zero-order valence-electron chi connectivity index (χ0n) is 7.43. The fourth-order valence-corrected chi connectivity index (χ4v) is 1.66. The predicted molar refractivity (Wildman–Crippen MR) is 54.5 cm³/mol. The van der Waals surface area contributed by atoms with Gasteiger partial charge in [0, 0.05) is 4.88 Å². The largest absolute Gasteiger partial charge is 0.283 e. The molecule has 0 amide bonds. The van der Waals surface area contributed by atoms with Crippen LogP contribution in [0, 0.1) is 6.92 Å². The molecule has 0 bridgehead atoms. The van der Waals surface area contributed by atoms with Gasteiger partial charge in [-0.3, -0.25) is 0 Å². The molecule has 72 valence electrons. The van der Waals surface area contributed by atoms with Crippen LogP contribution in [0.25, 0.3) is 0 Å². The molecule has 0 unspecified atom stereocenters. The van der Waals surface area contributed by atoms with Crippen molar-refractivity contribution in [3.8, 4) is 0 Å². The summed E-state index contributed by atoms with van der Waals surface area (Å²) in [5.41, 5.74) is 3.85. The Bertz CT molecular complexity index is 417. The molecule has 0 aliphatic heterocycles. The Morgan fingerprint density at radius 2 is 2.57 bits per heavy atom. The van der Waals surface area contributed by atoms with E-state index in [1.807, 2.05) is 18.4 Å². The van der Waals surface area contributed by atoms with Gasteiger partial charge in [-0.05, 0) is 29.1 Å². The first kappa shape index (κ1) is 8.82. The van der Waals surface area contributed by atoms with E-state index >= 15 is 0 Å². The number of anilines is 1. The van der Waals surface area contributed by atoms with Crippen LogP contribution in [-0.2, 0) is 0 Å². The van der Waals surface area contributed by atoms with E-state index in [2.05, 4.69) is 31.2 Å². The molecule has 0 aliphatic carbocycles. The smallest absolute Gasteiger partial charge is 0.243 e. The highest BCUT2D eigenvalue weighted by Crippen LogP contribution is 2.12. The number of nitrogens with one attached hydrogen (secondary N) is 2. The molecule has 0 saturated carbocycles. The third-order valence-corrected chi connectivity index (χ3v) is 2.55. The van der Waals surface area contributed by atoms with Crippen molar-refractivity contribution in [3.05, 3.63) is 21.9 Å². The highest BCUT2D eigenvalue weighted by atomic mass is 32.1. The molecule has 2 rings (SSSR count). The van der Waals surface area contributed by atoms with Gasteiger partial charge in [0.2, 0.25) is 0 Å². The van der Waals surface area contributed by atoms with E-state index in [1.54, 1.807) is 17.6 Å². The summed E-state index contributed by atoms with van der Waals surface area (Å²) in [6.07, 6.45) is 1.73. The summed E-state index contributed by atoms with van der Waals surface area (Å²) >= 11 is 1.63. The molecule has 2 N–H and O–H groups in total. The molecule has 0 atom stereocenters. The molecule has 2 aromatic heterocycles. The summed E-state index contributed by atoms with van der Waals surface area (Å²) in [6, 6.07) is 2.04. The lowest BCUT2D eigenvalue weighted by Crippen LogP contribution is -1.92. The Kier molecular flexibility index (Phi) is 2.50. The van der Waals surface area contributed by atoms with Gasteiger partial charge in [-0.2, -0.15) is 10.3 Å². The Morgan fingerprint density at radius 3 is 3.21 bits per heavy atom. The summed E-state index contributed by atoms with van der Waals surface area (Å²) in [4.78, 5) is 1.11. The normalized spacial score (nSPS) is 10.9. The predicted octanol–water partition coefficient (Wildman–Crippen LogP) is 1.02. The lowest BCUT2D eigenvalue weighted by atomic mass is 10.3. The topological polar surface area (TPSA) is 78.9 Å². The first-order valence-corrected chi connectivity index (χ1v) is 4.81. The van der Waals surface area contributed by atoms with Crippen molar-refractivity contribution < 1.29 is 0 Å². The van der Waals surface area contributed by atoms with Gasteiger partial charge in [-0.15, -0.1) is 16.4 Å². The van der Waals surface area contributed by atoms with Gasteiger partial charge in [0.1, 0.15) is 0 Å². The number of tetrazole rings is 1. The van der Waals surface area contributed by atoms with Crippen molar-refractivity contribution in [2.75, 3.05) is 5.43 Å². The molecule has 0 aliphatic rings. The number of hydrazone groups is 1. The van der Waals surface area contributed by atoms with Gasteiger partial charge in [0.25, 0.3) is 5.95 Å². The second kappa shape index (κ2) is 3.97. The van der Waals surface area contributed by atoms with E-state index in [0.29, 0.717) is 5.95 Å². The van der Waals surface area contributed by atoms with Crippen LogP contribution in [-0.4, -0.2) is 26.8 Å². The van der Waals surface area contributed by atoms with E-state index in [4.69, 9.17) is 0 Å². The minimum Gasteiger partial charge on any atom is -0.243 e. The molecule has 2 aromatic rings. The van der Waals surface area contributed by atoms with Crippen molar-refractivity contribution in [1.82, 2.24) is 20.6 Å². The number of aromatic nitrogens is 4. The van der Waals surface area contributed by atoms with Crippen LogP contribution in [0.4, 0.5) is 5.95 Å². The number of thiophene rings is 1. The Labute approximate surface area is 84.0 Å². The first-order valence-electron chi connectivity index (χ1n) is 3.93. The Hall–Kier alpha value is -1.76. The fraction of sp³-hybridized carbons (Fsp3) is 0.143. The molecule has 0 spiro atoms. The third-order valence-electron chi connectivity index (χ3n) is 1.59. The van der Waals surface area contributed by atoms with Gasteiger partial charge >= 0.3 is 0 Å². The molecule has 2 heterocycles. The van der Waals surface area contributed by atoms with Gasteiger partial charge < -0.3 is 0 Å². The van der Waals surface area contributed by atoms with Crippen LogP contribution in [0.1, 0.15) is 10.4 Å². The first-order chi connectivity index (χ1) is 6.86. The number of H-pyrrole nitrogens is 1. The molecule has 0 fully saturated rings. The van der Waals surface area contributed by atoms with Crippen molar-refractivity contribution in [2.45, 2.75) is 6.92 Å². The van der Waals surface area contributed by atoms with Crippen LogP contribution in [0.2, 0.25) is 0 Å². The Balaban J connectivity index is 1.99. The standard InChI is InChI=1S/C7H8N6S/c1-5-2-3-14-6(5)4-8-9-7-10-12-13-11-7/h2-4H,1H3,(H2,9,10,11,12,13)/b8-4-. The summed E-state index contributed by atoms with van der Waals surface area (Å²) in [5, 5.41) is 19.1. The number of rotatable bonds is 3. The van der Waals surface area contributed by atoms with E-state index in [9.17, 15) is 0 Å². The maximum absolute atomic E-state index is 3.97. The highest BCUT2D eigenvalue weighted by molar-refractivity contribution is 7.11. The average molecular weight is 208 g/mol. The molecule has 0 radical (unpaired) electrons. The molecule has 14 heavy (non-hydrogen) atoms. The summed E-state index contributed by atoms with van der Waals surface area (Å²) in [7, 11) is 0. The summed E-state index contributed by atoms with van der Waals surface area (Å²) in [6.45, 7) is 2.03. The summed E-state index contributed by atoms with van der Waals surface area (Å²) < 4.78 is 0. The monoisotopic (exact) mass is 208 g/mol. The van der Waals surface area contributed by atoms with E-state index in [-0.39, 0.29) is 0 Å². The zero-order chi connectivity index (χ0) is 9.80. The molecule has 0 saturated heterocycles. The van der Waals surface area contributed by atoms with Crippen molar-refractivity contribution in [1.29, 1.82) is 0 Å². The molecular formula is C7H8N6S. The number of nitrogens with zero attached hydrogens (tertiary/aromatic N) is 4. The van der Waals surface area contributed by atoms with Gasteiger partial charge in [0.15, 0.2) is 0 Å². The average Bonchev–Trinajstić information content (AvgIpc) is 2.78. The van der Waals surface area contributed by atoms with Crippen LogP contribution in [0.3, 0.4) is 0 Å². The number of aromatic amines is 1. The molecular weight excluding hydrogens is 200 g/mol. The van der Waals surface area contributed by atoms with Crippen LogP contribution in [0.15, 0.2) is 16.5 Å². The van der Waals surface area contributed by atoms with Crippen molar-refractivity contribution in [2.24, 2.45) is 5.10 Å². The van der Waals surface area contributed by atoms with Gasteiger partial charge in [-0.25, -0.2) is 5.43 Å². The minimum absolute atomic E-state index is 0.357. The van der Waals surface area contributed by atoms with Gasteiger partial charge in [-0.1, -0.05) is 5.10 Å². The zero-order valence-corrected chi connectivity index (χ0v) is 8.25. The van der Waals surface area contributed by atoms with Crippen molar-refractivity contribution in [3.63, 3.8) is 0 Å². The number of hydrogen-bond acceptors (Lipinski definition) is 6. The molecule has 0 aromatic carbocycles. The van der Waals surface area contributed by atoms with Gasteiger partial charge in [0.05, 0.1) is 6.21 Å². The SMILES string of the molecule is Cc1ccsc1/C=N\Nc1nn[nH]n1. The number of hydrogen-bond donors (Lipinski definition) is 2. The highest BCUT2D eigenvalue weighted by Gasteiger charge is 1.95. The minimum atomic E-state index is 0.357. The van der Waals surface area contributed by atoms with Crippen molar-refractivity contribution >= 4 is 23.5 Å². The van der Waals surface area contributed by atoms with Crippen LogP contribution >= 0.6 is 11.3 Å². The number of aryl methyl sites for hydroxylation is 1. The summed E-state index contributed by atoms with van der Waals surface area (Å²) in [5.74, 6) is 0.357. The van der Waals surface area contributed by atoms with E-state index in [1.165, 1.54) is 5.56 Å². The van der Waals surface area contributed by atoms with Crippen LogP contribution < -0.4 is 5.43 Å². The third kappa shape index (κ3) is 1.94. The molecule has 6 nitrogen and oxygen atoms in total. The second-order valence-corrected chi connectivity index (χ2v) is 3.52. The quantitative estimate of drug-likeness (QED) is 0.583. The molecule has 7 heteroatoms. The van der Waals surface area contributed by atoms with E-state index < -0.39 is 0 Å². The Morgan fingerprint density at radius 1 is 1.64 bits per heavy atom. The lowest BCUT2D eigenvalue weighted by Gasteiger charge is -1.90. The second-order valence-electron chi connectivity index (χ2n) is 2.57. The maximum atomic E-state index is 3.97. The fourth-order valence-electron chi connectivity index (χ4n) is 0.875. The van der Waals surface area contributed by atoms with E-state index in [0.717, 1.165) is 4.88 Å². The lowest BCUT2D eigenvalue weighted by molar-refractivity contribution is 0.881.